The summed E-state index contributed by atoms with van der Waals surface area (Å²) in [6.07, 6.45) is 8.73. The molecule has 2 aromatic heterocycles. The Morgan fingerprint density at radius 2 is 1.61 bits per heavy atom. The summed E-state index contributed by atoms with van der Waals surface area (Å²) in [5.41, 5.74) is 2.93. The number of hydrogen-bond donors (Lipinski definition) is 4. The third-order valence-corrected chi connectivity index (χ3v) is 21.8. The van der Waals surface area contributed by atoms with E-state index in [1.54, 1.807) is 6.07 Å². The molecule has 4 N–H and O–H groups in total. The topological polar surface area (TPSA) is 217 Å². The monoisotopic (exact) mass is 1160 g/mol. The van der Waals surface area contributed by atoms with Crippen molar-refractivity contribution in [2.24, 2.45) is 22.2 Å². The van der Waals surface area contributed by atoms with Crippen LogP contribution in [0.1, 0.15) is 128 Å². The molecule has 5 aliphatic heterocycles. The number of fused-ring (bicyclic) bond motifs is 3. The predicted octanol–water partition coefficient (Wildman–Crippen LogP) is 9.98. The fraction of sp³-hybridized carbons (Fsp3) is 0.587. The van der Waals surface area contributed by atoms with Crippen LogP contribution < -0.4 is 29.3 Å². The molecule has 1 amide bonds. The number of carbonyl (C=O) groups is 1. The quantitative estimate of drug-likeness (QED) is 0.0601. The number of piperazine rings is 1. The number of piperidine rings is 1. The van der Waals surface area contributed by atoms with Gasteiger partial charge in [-0.15, -0.1) is 0 Å². The Kier molecular flexibility index (Phi) is 15.3. The molecule has 2 saturated carbocycles. The molecule has 0 unspecified atom stereocenters. The van der Waals surface area contributed by atoms with E-state index in [-0.39, 0.29) is 57.6 Å². The van der Waals surface area contributed by atoms with Crippen molar-refractivity contribution in [2.45, 2.75) is 153 Å². The lowest BCUT2D eigenvalue weighted by Crippen LogP contribution is -2.79. The van der Waals surface area contributed by atoms with Gasteiger partial charge in [-0.3, -0.25) is 24.7 Å². The number of rotatable bonds is 14. The molecule has 0 radical (unpaired) electrons. The Bertz CT molecular complexity index is 3320. The highest BCUT2D eigenvalue weighted by Crippen LogP contribution is 2.74. The maximum Gasteiger partial charge on any atom is 0.293 e. The summed E-state index contributed by atoms with van der Waals surface area (Å²) in [6.45, 7) is 23.2. The molecular weight excluding hydrogens is 1070 g/mol. The number of nitro groups is 1. The molecule has 0 bridgehead atoms. The van der Waals surface area contributed by atoms with Crippen LogP contribution in [-0.2, 0) is 19.5 Å². The standard InChI is InChI=1S/C63H83N9O10S/c1-40(2)81-54-11-9-8-10-46(54)53-38-69(43-19-31-79-32-20-43)29-30-70(53)59-60(3,4)63(61(59,5)6)24-27-68(28-25-63)44-12-14-47(50(35-44)71-49-21-33-80-39-55(49)82-58-52(71)34-42-18-26-64-56(42)66-58)57(73)67-83(77,78)45-13-15-48(51(36-45)72(75)76)65-37-41-16-22-62(7,74)23-17-41/h8-15,18,26,34-36,40-41,43,49,53,55,59,65,74H,16-17,19-25,27-33,37-39H2,1-7H3,(H,64,66)(H,67,73)/t41?,49-,53-,55-,62?/m0/s1. The number of nitrogens with zero attached hydrogens (tertiary/aromatic N) is 6. The second-order valence-corrected chi connectivity index (χ2v) is 28.0. The van der Waals surface area contributed by atoms with Gasteiger partial charge in [-0.25, -0.2) is 13.1 Å². The Hall–Kier alpha value is -6.03. The first kappa shape index (κ1) is 57.4. The number of amides is 1. The average Bonchev–Trinajstić information content (AvgIpc) is 0.976. The highest BCUT2D eigenvalue weighted by atomic mass is 32.2. The molecule has 12 rings (SSSR count). The highest BCUT2D eigenvalue weighted by Gasteiger charge is 2.73. The van der Waals surface area contributed by atoms with Gasteiger partial charge in [-0.1, -0.05) is 45.9 Å². The van der Waals surface area contributed by atoms with Gasteiger partial charge in [0.05, 0.1) is 51.5 Å². The molecule has 1 spiro atoms. The summed E-state index contributed by atoms with van der Waals surface area (Å²) in [5, 5.41) is 26.9. The van der Waals surface area contributed by atoms with Gasteiger partial charge in [0.15, 0.2) is 0 Å². The third kappa shape index (κ3) is 10.5. The van der Waals surface area contributed by atoms with Gasteiger partial charge >= 0.3 is 0 Å². The van der Waals surface area contributed by atoms with Crippen LogP contribution in [0, 0.1) is 32.3 Å². The van der Waals surface area contributed by atoms with Crippen LogP contribution >= 0.6 is 0 Å². The minimum Gasteiger partial charge on any atom is -0.491 e. The predicted molar refractivity (Wildman–Crippen MR) is 319 cm³/mol. The summed E-state index contributed by atoms with van der Waals surface area (Å²) >= 11 is 0. The summed E-state index contributed by atoms with van der Waals surface area (Å²) in [5.74, 6) is 0.624. The van der Waals surface area contributed by atoms with Crippen LogP contribution in [0.5, 0.6) is 11.6 Å². The Balaban J connectivity index is 0.842. The largest absolute Gasteiger partial charge is 0.491 e. The van der Waals surface area contributed by atoms with Crippen molar-refractivity contribution in [2.75, 3.05) is 80.8 Å². The number of anilines is 4. The Morgan fingerprint density at radius 3 is 2.35 bits per heavy atom. The smallest absolute Gasteiger partial charge is 0.293 e. The highest BCUT2D eigenvalue weighted by molar-refractivity contribution is 7.90. The van der Waals surface area contributed by atoms with Crippen molar-refractivity contribution in [3.05, 3.63) is 100 Å². The van der Waals surface area contributed by atoms with E-state index in [0.29, 0.717) is 68.0 Å². The number of ether oxygens (including phenoxy) is 4. The summed E-state index contributed by atoms with van der Waals surface area (Å²) in [7, 11) is -4.66. The van der Waals surface area contributed by atoms with E-state index in [1.807, 2.05) is 37.4 Å². The van der Waals surface area contributed by atoms with Gasteiger partial charge < -0.3 is 44.2 Å². The van der Waals surface area contributed by atoms with E-state index in [2.05, 4.69) is 100 Å². The summed E-state index contributed by atoms with van der Waals surface area (Å²) < 4.78 is 56.0. The first-order chi connectivity index (χ1) is 39.6. The molecule has 83 heavy (non-hydrogen) atoms. The average molecular weight is 1160 g/mol. The van der Waals surface area contributed by atoms with Crippen LogP contribution in [0.25, 0.3) is 11.0 Å². The zero-order chi connectivity index (χ0) is 58.2. The minimum atomic E-state index is -4.66. The zero-order valence-electron chi connectivity index (χ0n) is 49.2. The molecule has 20 heteroatoms. The molecule has 6 fully saturated rings. The van der Waals surface area contributed by atoms with E-state index in [1.165, 1.54) is 17.7 Å². The summed E-state index contributed by atoms with van der Waals surface area (Å²) in [4.78, 5) is 44.6. The Morgan fingerprint density at radius 1 is 0.880 bits per heavy atom. The third-order valence-electron chi connectivity index (χ3n) is 20.5. The van der Waals surface area contributed by atoms with Crippen molar-refractivity contribution in [1.82, 2.24) is 24.5 Å². The van der Waals surface area contributed by atoms with Crippen molar-refractivity contribution < 1.29 is 42.2 Å². The minimum absolute atomic E-state index is 0.00242. The van der Waals surface area contributed by atoms with Gasteiger partial charge in [0.1, 0.15) is 28.9 Å². The normalized spacial score (nSPS) is 26.7. The molecule has 19 nitrogen and oxygen atoms in total. The molecule has 5 aromatic rings. The lowest BCUT2D eigenvalue weighted by atomic mass is 9.33. The first-order valence-corrected chi connectivity index (χ1v) is 31.7. The lowest BCUT2D eigenvalue weighted by Gasteiger charge is -2.77. The van der Waals surface area contributed by atoms with Crippen LogP contribution in [0.3, 0.4) is 0 Å². The lowest BCUT2D eigenvalue weighted by molar-refractivity contribution is -0.384. The number of sulfonamides is 1. The SMILES string of the molecule is CC(C)Oc1ccccc1[C@@H]1CN(C2CCOCC2)CCN1C1C(C)(C)C2(CCN(c3ccc(C(=O)NS(=O)(=O)c4ccc(NCC5CCC(C)(O)CC5)c([N+](=O)[O-])c4)c(N4c5cc6cc[nH]c6nc5O[C@H]5COCC[C@@H]54)c3)CC2)C1(C)C. The molecule has 7 aliphatic rings. The molecule has 446 valence electrons. The maximum absolute atomic E-state index is 15.0. The zero-order valence-corrected chi connectivity index (χ0v) is 50.0. The van der Waals surface area contributed by atoms with E-state index in [0.717, 1.165) is 107 Å². The van der Waals surface area contributed by atoms with E-state index in [4.69, 9.17) is 23.9 Å². The molecule has 3 aromatic carbocycles. The van der Waals surface area contributed by atoms with Gasteiger partial charge in [0, 0.05) is 100 Å². The van der Waals surface area contributed by atoms with Gasteiger partial charge in [0.25, 0.3) is 21.6 Å². The van der Waals surface area contributed by atoms with Gasteiger partial charge in [0.2, 0.25) is 5.88 Å². The second-order valence-electron chi connectivity index (χ2n) is 26.3. The van der Waals surface area contributed by atoms with E-state index < -0.39 is 43.1 Å². The number of pyridine rings is 1. The number of H-pyrrole nitrogens is 1. The fourth-order valence-corrected chi connectivity index (χ4v) is 17.4. The van der Waals surface area contributed by atoms with Crippen LogP contribution in [0.4, 0.5) is 28.4 Å². The van der Waals surface area contributed by atoms with Crippen LogP contribution in [0.15, 0.2) is 83.9 Å². The number of aromatic nitrogens is 2. The number of aromatic amines is 1. The number of hydrogen-bond acceptors (Lipinski definition) is 16. The molecule has 4 saturated heterocycles. The molecule has 3 atom stereocenters. The number of benzene rings is 3. The van der Waals surface area contributed by atoms with Crippen molar-refractivity contribution >= 4 is 55.4 Å². The maximum atomic E-state index is 15.0. The first-order valence-electron chi connectivity index (χ1n) is 30.2. The van der Waals surface area contributed by atoms with Crippen molar-refractivity contribution in [3.8, 4) is 11.6 Å². The van der Waals surface area contributed by atoms with Gasteiger partial charge in [-0.05, 0) is 149 Å². The second kappa shape index (κ2) is 22.1. The number of aliphatic hydroxyl groups is 1. The van der Waals surface area contributed by atoms with E-state index >= 15 is 0 Å². The molecular formula is C63H83N9O10S. The van der Waals surface area contributed by atoms with Crippen molar-refractivity contribution in [3.63, 3.8) is 0 Å². The number of carbonyl (C=O) groups excluding carboxylic acids is 1. The molecule has 2 aliphatic carbocycles. The summed E-state index contributed by atoms with van der Waals surface area (Å²) in [6, 6.07) is 22.5. The number of nitrogens with one attached hydrogen (secondary N) is 3. The number of nitro benzene ring substituents is 1. The number of para-hydroxylation sites is 1. The molecule has 7 heterocycles. The fourth-order valence-electron chi connectivity index (χ4n) is 16.4. The van der Waals surface area contributed by atoms with Crippen LogP contribution in [0.2, 0.25) is 0 Å². The Labute approximate surface area is 488 Å². The van der Waals surface area contributed by atoms with E-state index in [9.17, 15) is 28.4 Å². The van der Waals surface area contributed by atoms with Crippen molar-refractivity contribution in [1.29, 1.82) is 0 Å². The van der Waals surface area contributed by atoms with Gasteiger partial charge in [-0.2, -0.15) is 4.98 Å². The van der Waals surface area contributed by atoms with Crippen LogP contribution in [-0.4, -0.2) is 146 Å².